The van der Waals surface area contributed by atoms with Crippen molar-refractivity contribution in [2.24, 2.45) is 0 Å². The van der Waals surface area contributed by atoms with E-state index in [2.05, 4.69) is 15.5 Å². The van der Waals surface area contributed by atoms with Crippen molar-refractivity contribution >= 4 is 11.9 Å². The number of carbonyl (C=O) groups is 2. The number of carboxylic acid groups (broad SMARTS) is 1. The Morgan fingerprint density at radius 2 is 2.00 bits per heavy atom. The molecule has 0 aromatic carbocycles. The average Bonchev–Trinajstić information content (AvgIpc) is 2.81. The van der Waals surface area contributed by atoms with Crippen LogP contribution in [0, 0.1) is 6.92 Å². The number of nitrogens with one attached hydrogen (secondary N) is 1. The molecule has 20 heavy (non-hydrogen) atoms. The van der Waals surface area contributed by atoms with E-state index < -0.39 is 11.5 Å². The summed E-state index contributed by atoms with van der Waals surface area (Å²) < 4.78 is 4.93. The van der Waals surface area contributed by atoms with Crippen LogP contribution in [-0.4, -0.2) is 32.7 Å². The summed E-state index contributed by atoms with van der Waals surface area (Å²) >= 11 is 0. The first-order chi connectivity index (χ1) is 9.40. The molecule has 0 unspecified atom stereocenters. The van der Waals surface area contributed by atoms with Crippen LogP contribution >= 0.6 is 0 Å². The van der Waals surface area contributed by atoms with Gasteiger partial charge in [-0.15, -0.1) is 0 Å². The molecule has 2 N–H and O–H groups in total. The quantitative estimate of drug-likeness (QED) is 0.748. The zero-order chi connectivity index (χ0) is 15.2. The van der Waals surface area contributed by atoms with Gasteiger partial charge in [-0.3, -0.25) is 9.59 Å². The number of hydrogen-bond donors (Lipinski definition) is 2. The monoisotopic (exact) mass is 283 g/mol. The Labute approximate surface area is 117 Å². The summed E-state index contributed by atoms with van der Waals surface area (Å²) in [5.74, 6) is -0.176. The lowest BCUT2D eigenvalue weighted by Gasteiger charge is -2.31. The largest absolute Gasteiger partial charge is 0.481 e. The highest BCUT2D eigenvalue weighted by atomic mass is 16.5. The van der Waals surface area contributed by atoms with Crippen molar-refractivity contribution in [3.05, 3.63) is 11.7 Å². The minimum atomic E-state index is -0.915. The number of rotatable bonds is 8. The lowest BCUT2D eigenvalue weighted by molar-refractivity contribution is -0.139. The molecule has 0 saturated heterocycles. The summed E-state index contributed by atoms with van der Waals surface area (Å²) in [6.07, 6.45) is 1.61. The normalized spacial score (nSPS) is 11.3. The summed E-state index contributed by atoms with van der Waals surface area (Å²) in [6.45, 7) is 5.45. The van der Waals surface area contributed by atoms with E-state index in [0.717, 1.165) is 0 Å². The Bertz CT molecular complexity index is 466. The molecule has 1 amide bonds. The lowest BCUT2D eigenvalue weighted by atomic mass is 9.88. The Kier molecular flexibility index (Phi) is 5.66. The Balaban J connectivity index is 2.55. The fraction of sp³-hybridized carbons (Fsp3) is 0.692. The highest BCUT2D eigenvalue weighted by Gasteiger charge is 2.30. The lowest BCUT2D eigenvalue weighted by Crippen LogP contribution is -2.49. The molecule has 1 aromatic rings. The molecule has 0 atom stereocenters. The molecule has 1 aromatic heterocycles. The topological polar surface area (TPSA) is 105 Å². The van der Waals surface area contributed by atoms with E-state index in [1.807, 2.05) is 13.8 Å². The number of aromatic nitrogens is 2. The molecule has 112 valence electrons. The molecular weight excluding hydrogens is 262 g/mol. The van der Waals surface area contributed by atoms with Gasteiger partial charge in [-0.25, -0.2) is 0 Å². The molecule has 7 nitrogen and oxygen atoms in total. The van der Waals surface area contributed by atoms with Gasteiger partial charge < -0.3 is 14.9 Å². The van der Waals surface area contributed by atoms with Crippen molar-refractivity contribution in [1.82, 2.24) is 15.5 Å². The molecule has 0 spiro atoms. The van der Waals surface area contributed by atoms with Gasteiger partial charge in [0, 0.05) is 18.4 Å². The van der Waals surface area contributed by atoms with E-state index >= 15 is 0 Å². The molecular formula is C13H21N3O4. The Morgan fingerprint density at radius 1 is 1.35 bits per heavy atom. The van der Waals surface area contributed by atoms with Gasteiger partial charge in [0.05, 0.1) is 6.42 Å². The van der Waals surface area contributed by atoms with Gasteiger partial charge in [-0.1, -0.05) is 19.0 Å². The third-order valence-electron chi connectivity index (χ3n) is 3.38. The number of amides is 1. The Morgan fingerprint density at radius 3 is 2.45 bits per heavy atom. The third-order valence-corrected chi connectivity index (χ3v) is 3.38. The van der Waals surface area contributed by atoms with Crippen LogP contribution in [0.2, 0.25) is 0 Å². The summed E-state index contributed by atoms with van der Waals surface area (Å²) in [6, 6.07) is 0. The number of aryl methyl sites for hydroxylation is 2. The number of nitrogens with zero attached hydrogens (tertiary/aromatic N) is 2. The molecule has 0 radical (unpaired) electrons. The number of hydrogen-bond acceptors (Lipinski definition) is 5. The van der Waals surface area contributed by atoms with E-state index in [4.69, 9.17) is 9.63 Å². The summed E-state index contributed by atoms with van der Waals surface area (Å²) in [5, 5.41) is 15.4. The molecule has 0 bridgehead atoms. The van der Waals surface area contributed by atoms with Crippen LogP contribution in [-0.2, 0) is 16.0 Å². The van der Waals surface area contributed by atoms with Gasteiger partial charge in [-0.05, 0) is 19.8 Å². The van der Waals surface area contributed by atoms with E-state index in [1.165, 1.54) is 0 Å². The van der Waals surface area contributed by atoms with Crippen LogP contribution in [0.5, 0.6) is 0 Å². The van der Waals surface area contributed by atoms with E-state index in [9.17, 15) is 9.59 Å². The SMILES string of the molecule is CCC(CC)(CC(=O)O)NC(=O)CCc1nc(C)no1. The molecule has 0 aliphatic carbocycles. The van der Waals surface area contributed by atoms with Gasteiger partial charge in [0.15, 0.2) is 5.82 Å². The van der Waals surface area contributed by atoms with Crippen molar-refractivity contribution in [2.45, 2.75) is 58.4 Å². The minimum Gasteiger partial charge on any atom is -0.481 e. The molecule has 0 saturated carbocycles. The standard InChI is InChI=1S/C13H21N3O4/c1-4-13(5-2,8-12(18)19)15-10(17)6-7-11-14-9(3)16-20-11/h4-8H2,1-3H3,(H,15,17)(H,18,19). The smallest absolute Gasteiger partial charge is 0.305 e. The number of aliphatic carboxylic acids is 1. The van der Waals surface area contributed by atoms with Gasteiger partial charge in [0.25, 0.3) is 0 Å². The number of carbonyl (C=O) groups excluding carboxylic acids is 1. The van der Waals surface area contributed by atoms with Crippen molar-refractivity contribution in [1.29, 1.82) is 0 Å². The first-order valence-corrected chi connectivity index (χ1v) is 6.72. The van der Waals surface area contributed by atoms with Gasteiger partial charge in [0.1, 0.15) is 0 Å². The first-order valence-electron chi connectivity index (χ1n) is 6.72. The van der Waals surface area contributed by atoms with Crippen LogP contribution in [0.1, 0.15) is 51.2 Å². The minimum absolute atomic E-state index is 0.0780. The van der Waals surface area contributed by atoms with Gasteiger partial charge in [0.2, 0.25) is 11.8 Å². The maximum absolute atomic E-state index is 11.9. The molecule has 0 fully saturated rings. The van der Waals surface area contributed by atoms with Crippen molar-refractivity contribution < 1.29 is 19.2 Å². The summed E-state index contributed by atoms with van der Waals surface area (Å²) in [4.78, 5) is 26.9. The zero-order valence-electron chi connectivity index (χ0n) is 12.1. The third kappa shape index (κ3) is 4.64. The Hall–Kier alpha value is -1.92. The van der Waals surface area contributed by atoms with Crippen LogP contribution in [0.15, 0.2) is 4.52 Å². The molecule has 1 heterocycles. The predicted octanol–water partition coefficient (Wildman–Crippen LogP) is 1.46. The fourth-order valence-electron chi connectivity index (χ4n) is 2.03. The first kappa shape index (κ1) is 16.1. The second-order valence-electron chi connectivity index (χ2n) is 4.84. The van der Waals surface area contributed by atoms with Crippen molar-refractivity contribution in [3.63, 3.8) is 0 Å². The highest BCUT2D eigenvalue weighted by molar-refractivity contribution is 5.78. The van der Waals surface area contributed by atoms with E-state index in [-0.39, 0.29) is 18.7 Å². The average molecular weight is 283 g/mol. The van der Waals surface area contributed by atoms with Gasteiger partial charge in [-0.2, -0.15) is 4.98 Å². The predicted molar refractivity (Wildman–Crippen MR) is 71.1 cm³/mol. The van der Waals surface area contributed by atoms with E-state index in [0.29, 0.717) is 31.0 Å². The molecule has 1 rings (SSSR count). The second-order valence-corrected chi connectivity index (χ2v) is 4.84. The maximum atomic E-state index is 11.9. The van der Waals surface area contributed by atoms with Crippen LogP contribution in [0.4, 0.5) is 0 Å². The molecule has 7 heteroatoms. The van der Waals surface area contributed by atoms with Gasteiger partial charge >= 0.3 is 5.97 Å². The zero-order valence-corrected chi connectivity index (χ0v) is 12.1. The molecule has 0 aliphatic rings. The summed E-state index contributed by atoms with van der Waals surface area (Å²) in [5.41, 5.74) is -0.687. The van der Waals surface area contributed by atoms with Crippen LogP contribution < -0.4 is 5.32 Å². The number of carboxylic acids is 1. The fourth-order valence-corrected chi connectivity index (χ4v) is 2.03. The van der Waals surface area contributed by atoms with Crippen LogP contribution in [0.25, 0.3) is 0 Å². The van der Waals surface area contributed by atoms with Crippen molar-refractivity contribution in [2.75, 3.05) is 0 Å². The van der Waals surface area contributed by atoms with E-state index in [1.54, 1.807) is 6.92 Å². The maximum Gasteiger partial charge on any atom is 0.305 e. The van der Waals surface area contributed by atoms with Crippen molar-refractivity contribution in [3.8, 4) is 0 Å². The summed E-state index contributed by atoms with van der Waals surface area (Å²) in [7, 11) is 0. The highest BCUT2D eigenvalue weighted by Crippen LogP contribution is 2.20. The molecule has 0 aliphatic heterocycles. The second kappa shape index (κ2) is 7.02. The van der Waals surface area contributed by atoms with Crippen LogP contribution in [0.3, 0.4) is 0 Å².